The zero-order valence-electron chi connectivity index (χ0n) is 7.47. The number of phenols is 1. The van der Waals surface area contributed by atoms with Gasteiger partial charge >= 0.3 is 8.25 Å². The van der Waals surface area contributed by atoms with Gasteiger partial charge in [-0.1, -0.05) is 18.2 Å². The van der Waals surface area contributed by atoms with Gasteiger partial charge in [0.2, 0.25) is 0 Å². The van der Waals surface area contributed by atoms with Crippen LogP contribution in [-0.4, -0.2) is 11.7 Å². The first kappa shape index (κ1) is 10.8. The van der Waals surface area contributed by atoms with E-state index in [2.05, 4.69) is 6.58 Å². The maximum absolute atomic E-state index is 11.1. The summed E-state index contributed by atoms with van der Waals surface area (Å²) in [5.41, 5.74) is 0. The van der Waals surface area contributed by atoms with Crippen LogP contribution in [0.15, 0.2) is 36.9 Å². The summed E-state index contributed by atoms with van der Waals surface area (Å²) in [7, 11) is -2.61. The zero-order chi connectivity index (χ0) is 10.4. The first-order chi connectivity index (χ1) is 6.74. The molecular formula is C9H11O4P. The van der Waals surface area contributed by atoms with E-state index in [1.54, 1.807) is 12.1 Å². The molecule has 1 N–H and O–H groups in total. The number of phenolic OH excluding ortho intramolecular Hbond substituents is 1. The second-order valence-corrected chi connectivity index (χ2v) is 3.41. The van der Waals surface area contributed by atoms with Gasteiger partial charge in [0, 0.05) is 0 Å². The lowest BCUT2D eigenvalue weighted by Gasteiger charge is -2.06. The summed E-state index contributed by atoms with van der Waals surface area (Å²) < 4.78 is 20.7. The minimum atomic E-state index is -2.61. The molecule has 1 unspecified atom stereocenters. The summed E-state index contributed by atoms with van der Waals surface area (Å²) in [5, 5.41) is 9.26. The first-order valence-electron chi connectivity index (χ1n) is 3.97. The van der Waals surface area contributed by atoms with E-state index < -0.39 is 8.25 Å². The standard InChI is InChI=1S/C9H11O4P/c1-2-7-12-14(11)13-9-6-4-3-5-8(9)10/h2-6,10,14H,1,7H2. The Morgan fingerprint density at radius 1 is 1.50 bits per heavy atom. The molecule has 0 radical (unpaired) electrons. The van der Waals surface area contributed by atoms with E-state index in [-0.39, 0.29) is 18.1 Å². The Morgan fingerprint density at radius 2 is 2.21 bits per heavy atom. The van der Waals surface area contributed by atoms with Gasteiger partial charge in [0.05, 0.1) is 6.61 Å². The average molecular weight is 214 g/mol. The van der Waals surface area contributed by atoms with Crippen LogP contribution in [0.2, 0.25) is 0 Å². The van der Waals surface area contributed by atoms with Crippen molar-refractivity contribution < 1.29 is 18.7 Å². The molecule has 0 saturated carbocycles. The van der Waals surface area contributed by atoms with Gasteiger partial charge in [-0.15, -0.1) is 6.58 Å². The second kappa shape index (κ2) is 5.47. The second-order valence-electron chi connectivity index (χ2n) is 2.42. The maximum atomic E-state index is 11.1. The normalized spacial score (nSPS) is 12.0. The highest BCUT2D eigenvalue weighted by Gasteiger charge is 2.04. The van der Waals surface area contributed by atoms with Gasteiger partial charge in [-0.25, -0.2) is 4.57 Å². The summed E-state index contributed by atoms with van der Waals surface area (Å²) in [6, 6.07) is 6.26. The maximum Gasteiger partial charge on any atom is 0.368 e. The van der Waals surface area contributed by atoms with Crippen LogP contribution in [0.25, 0.3) is 0 Å². The molecule has 76 valence electrons. The SMILES string of the molecule is C=CCO[PH](=O)Oc1ccccc1O. The Balaban J connectivity index is 2.56. The number of aromatic hydroxyl groups is 1. The molecule has 0 amide bonds. The lowest BCUT2D eigenvalue weighted by Crippen LogP contribution is -1.86. The van der Waals surface area contributed by atoms with Gasteiger partial charge in [-0.3, -0.25) is 4.52 Å². The van der Waals surface area contributed by atoms with Crippen molar-refractivity contribution in [2.24, 2.45) is 0 Å². The molecule has 0 heterocycles. The minimum absolute atomic E-state index is 0.0620. The van der Waals surface area contributed by atoms with E-state index in [0.29, 0.717) is 0 Å². The van der Waals surface area contributed by atoms with E-state index in [1.165, 1.54) is 18.2 Å². The van der Waals surface area contributed by atoms with Crippen molar-refractivity contribution >= 4 is 8.25 Å². The molecule has 1 atom stereocenters. The van der Waals surface area contributed by atoms with Crippen LogP contribution in [0, 0.1) is 0 Å². The van der Waals surface area contributed by atoms with Gasteiger partial charge in [-0.2, -0.15) is 0 Å². The Kier molecular flexibility index (Phi) is 4.23. The molecule has 4 nitrogen and oxygen atoms in total. The molecule has 0 saturated heterocycles. The quantitative estimate of drug-likeness (QED) is 0.603. The monoisotopic (exact) mass is 214 g/mol. The summed E-state index contributed by atoms with van der Waals surface area (Å²) >= 11 is 0. The summed E-state index contributed by atoms with van der Waals surface area (Å²) in [4.78, 5) is 0. The first-order valence-corrected chi connectivity index (χ1v) is 5.20. The third kappa shape index (κ3) is 3.24. The molecule has 0 fully saturated rings. The van der Waals surface area contributed by atoms with Crippen molar-refractivity contribution in [1.29, 1.82) is 0 Å². The summed E-state index contributed by atoms with van der Waals surface area (Å²) in [6.07, 6.45) is 1.47. The van der Waals surface area contributed by atoms with E-state index >= 15 is 0 Å². The van der Waals surface area contributed by atoms with Gasteiger partial charge in [-0.05, 0) is 12.1 Å². The molecule has 0 bridgehead atoms. The summed E-state index contributed by atoms with van der Waals surface area (Å²) in [5.74, 6) is 0.0912. The number of hydrogen-bond donors (Lipinski definition) is 1. The number of rotatable bonds is 5. The molecule has 0 aromatic heterocycles. The molecule has 1 rings (SSSR count). The molecule has 0 spiro atoms. The highest BCUT2D eigenvalue weighted by molar-refractivity contribution is 7.33. The number of para-hydroxylation sites is 2. The van der Waals surface area contributed by atoms with Gasteiger partial charge in [0.15, 0.2) is 11.5 Å². The van der Waals surface area contributed by atoms with Gasteiger partial charge < -0.3 is 9.63 Å². The van der Waals surface area contributed by atoms with Crippen molar-refractivity contribution in [2.75, 3.05) is 6.61 Å². The van der Waals surface area contributed by atoms with Crippen LogP contribution in [0.3, 0.4) is 0 Å². The fourth-order valence-electron chi connectivity index (χ4n) is 0.790. The predicted octanol–water partition coefficient (Wildman–Crippen LogP) is 2.36. The Morgan fingerprint density at radius 3 is 2.86 bits per heavy atom. The van der Waals surface area contributed by atoms with E-state index in [1.807, 2.05) is 0 Å². The predicted molar refractivity (Wildman–Crippen MR) is 53.9 cm³/mol. The van der Waals surface area contributed by atoms with Gasteiger partial charge in [0.1, 0.15) is 0 Å². The third-order valence-corrected chi connectivity index (χ3v) is 2.17. The average Bonchev–Trinajstić information content (AvgIpc) is 2.18. The molecule has 0 aliphatic rings. The third-order valence-electron chi connectivity index (χ3n) is 1.38. The van der Waals surface area contributed by atoms with Crippen LogP contribution < -0.4 is 4.52 Å². The van der Waals surface area contributed by atoms with Crippen molar-refractivity contribution in [3.8, 4) is 11.5 Å². The molecule has 5 heteroatoms. The van der Waals surface area contributed by atoms with Crippen LogP contribution in [0.1, 0.15) is 0 Å². The lowest BCUT2D eigenvalue weighted by atomic mass is 10.3. The van der Waals surface area contributed by atoms with Crippen LogP contribution in [0.4, 0.5) is 0 Å². The topological polar surface area (TPSA) is 55.8 Å². The van der Waals surface area contributed by atoms with Crippen LogP contribution in [-0.2, 0) is 9.09 Å². The summed E-state index contributed by atoms with van der Waals surface area (Å²) in [6.45, 7) is 3.56. The largest absolute Gasteiger partial charge is 0.504 e. The van der Waals surface area contributed by atoms with Crippen molar-refractivity contribution in [3.63, 3.8) is 0 Å². The molecule has 0 aliphatic heterocycles. The highest BCUT2D eigenvalue weighted by Crippen LogP contribution is 2.33. The van der Waals surface area contributed by atoms with E-state index in [0.717, 1.165) is 0 Å². The Hall–Kier alpha value is -1.25. The Bertz CT molecular complexity index is 337. The van der Waals surface area contributed by atoms with Crippen LogP contribution >= 0.6 is 8.25 Å². The molecule has 1 aromatic rings. The van der Waals surface area contributed by atoms with Gasteiger partial charge in [0.25, 0.3) is 0 Å². The highest BCUT2D eigenvalue weighted by atomic mass is 31.1. The van der Waals surface area contributed by atoms with E-state index in [4.69, 9.17) is 9.05 Å². The molecule has 14 heavy (non-hydrogen) atoms. The van der Waals surface area contributed by atoms with Crippen molar-refractivity contribution in [1.82, 2.24) is 0 Å². The number of benzene rings is 1. The van der Waals surface area contributed by atoms with Crippen molar-refractivity contribution in [2.45, 2.75) is 0 Å². The molecular weight excluding hydrogens is 203 g/mol. The fraction of sp³-hybridized carbons (Fsp3) is 0.111. The molecule has 0 aliphatic carbocycles. The minimum Gasteiger partial charge on any atom is -0.504 e. The van der Waals surface area contributed by atoms with Crippen molar-refractivity contribution in [3.05, 3.63) is 36.9 Å². The van der Waals surface area contributed by atoms with Crippen LogP contribution in [0.5, 0.6) is 11.5 Å². The zero-order valence-corrected chi connectivity index (χ0v) is 8.47. The van der Waals surface area contributed by atoms with E-state index in [9.17, 15) is 9.67 Å². The number of hydrogen-bond acceptors (Lipinski definition) is 4. The Labute approximate surface area is 82.7 Å². The molecule has 1 aromatic carbocycles. The fourth-order valence-corrected chi connectivity index (χ4v) is 1.45. The lowest BCUT2D eigenvalue weighted by molar-refractivity contribution is 0.312. The smallest absolute Gasteiger partial charge is 0.368 e.